The van der Waals surface area contributed by atoms with Crippen LogP contribution in [0.25, 0.3) is 0 Å². The van der Waals surface area contributed by atoms with Gasteiger partial charge in [0.15, 0.2) is 0 Å². The first-order valence-electron chi connectivity index (χ1n) is 11.0. The lowest BCUT2D eigenvalue weighted by molar-refractivity contribution is -0.123. The molecule has 2 amide bonds. The van der Waals surface area contributed by atoms with Crippen LogP contribution in [0.5, 0.6) is 0 Å². The van der Waals surface area contributed by atoms with Gasteiger partial charge in [-0.15, -0.1) is 0 Å². The monoisotopic (exact) mass is 423 g/mol. The lowest BCUT2D eigenvalue weighted by Crippen LogP contribution is -2.43. The van der Waals surface area contributed by atoms with Crippen LogP contribution in [0.3, 0.4) is 0 Å². The lowest BCUT2D eigenvalue weighted by Gasteiger charge is -2.36. The van der Waals surface area contributed by atoms with Crippen molar-refractivity contribution in [2.24, 2.45) is 0 Å². The molecule has 1 aromatic heterocycles. The molecule has 164 valence electrons. The van der Waals surface area contributed by atoms with Crippen molar-refractivity contribution in [2.75, 3.05) is 22.1 Å². The number of carbonyl (C=O) groups is 2. The summed E-state index contributed by atoms with van der Waals surface area (Å²) in [6.45, 7) is 6.78. The first-order valence-corrected chi connectivity index (χ1v) is 11.0. The van der Waals surface area contributed by atoms with Crippen LogP contribution in [-0.4, -0.2) is 34.4 Å². The Balaban J connectivity index is 1.67. The second kappa shape index (κ2) is 8.53. The summed E-state index contributed by atoms with van der Waals surface area (Å²) in [5.41, 5.74) is 2.45. The normalized spacial score (nSPS) is 20.7. The average molecular weight is 424 g/mol. The van der Waals surface area contributed by atoms with Crippen molar-refractivity contribution in [3.8, 4) is 0 Å². The molecule has 3 heterocycles. The summed E-state index contributed by atoms with van der Waals surface area (Å²) in [6, 6.07) is 6.08. The fourth-order valence-electron chi connectivity index (χ4n) is 4.51. The SMILES string of the molecule is CC[C@H]1CCCCN1c1nc2c(c(=O)[nH]1)[C@@H](C(=O)Nc1cc(C)ccc1C)CC(=O)N2. The van der Waals surface area contributed by atoms with Gasteiger partial charge in [-0.1, -0.05) is 19.1 Å². The molecule has 1 aromatic carbocycles. The number of aromatic nitrogens is 2. The fourth-order valence-corrected chi connectivity index (χ4v) is 4.51. The lowest BCUT2D eigenvalue weighted by atomic mass is 9.92. The maximum atomic E-state index is 13.1. The summed E-state index contributed by atoms with van der Waals surface area (Å²) in [4.78, 5) is 48.1. The largest absolute Gasteiger partial charge is 0.339 e. The summed E-state index contributed by atoms with van der Waals surface area (Å²) in [5.74, 6) is -0.933. The smallest absolute Gasteiger partial charge is 0.258 e. The van der Waals surface area contributed by atoms with Gasteiger partial charge in [0.25, 0.3) is 5.56 Å². The minimum absolute atomic E-state index is 0.0882. The molecule has 1 fully saturated rings. The molecule has 2 aromatic rings. The minimum Gasteiger partial charge on any atom is -0.339 e. The number of hydrogen-bond donors (Lipinski definition) is 3. The highest BCUT2D eigenvalue weighted by Gasteiger charge is 2.36. The van der Waals surface area contributed by atoms with Crippen LogP contribution >= 0.6 is 0 Å². The maximum Gasteiger partial charge on any atom is 0.258 e. The number of hydrogen-bond acceptors (Lipinski definition) is 5. The molecule has 3 N–H and O–H groups in total. The number of amides is 2. The number of nitrogens with zero attached hydrogens (tertiary/aromatic N) is 2. The third kappa shape index (κ3) is 4.19. The molecule has 0 bridgehead atoms. The highest BCUT2D eigenvalue weighted by atomic mass is 16.2. The molecule has 2 aliphatic rings. The number of anilines is 3. The van der Waals surface area contributed by atoms with Gasteiger partial charge in [0.2, 0.25) is 17.8 Å². The van der Waals surface area contributed by atoms with Gasteiger partial charge in [0.05, 0.1) is 11.5 Å². The van der Waals surface area contributed by atoms with Crippen molar-refractivity contribution in [3.05, 3.63) is 45.2 Å². The van der Waals surface area contributed by atoms with Crippen LogP contribution in [0, 0.1) is 13.8 Å². The predicted octanol–water partition coefficient (Wildman–Crippen LogP) is 3.22. The third-order valence-corrected chi connectivity index (χ3v) is 6.28. The molecule has 0 unspecified atom stereocenters. The Hall–Kier alpha value is -3.16. The summed E-state index contributed by atoms with van der Waals surface area (Å²) in [7, 11) is 0. The number of fused-ring (bicyclic) bond motifs is 1. The standard InChI is InChI=1S/C23H29N5O3/c1-4-15-7-5-6-10-28(15)23-26-20-19(22(31)27-23)16(12-18(29)25-20)21(30)24-17-11-13(2)8-9-14(17)3/h8-9,11,15-16H,4-7,10,12H2,1-3H3,(H,24,30)(H2,25,26,27,29,31)/t15-,16-/m0/s1. The molecule has 4 rings (SSSR count). The topological polar surface area (TPSA) is 107 Å². The third-order valence-electron chi connectivity index (χ3n) is 6.28. The van der Waals surface area contributed by atoms with Crippen molar-refractivity contribution < 1.29 is 9.59 Å². The van der Waals surface area contributed by atoms with Crippen LogP contribution in [0.4, 0.5) is 17.5 Å². The van der Waals surface area contributed by atoms with E-state index in [9.17, 15) is 14.4 Å². The summed E-state index contributed by atoms with van der Waals surface area (Å²) < 4.78 is 0. The van der Waals surface area contributed by atoms with Crippen molar-refractivity contribution in [1.29, 1.82) is 0 Å². The van der Waals surface area contributed by atoms with Crippen LogP contribution in [-0.2, 0) is 9.59 Å². The van der Waals surface area contributed by atoms with Gasteiger partial charge in [0, 0.05) is 24.7 Å². The van der Waals surface area contributed by atoms with Gasteiger partial charge in [-0.3, -0.25) is 19.4 Å². The van der Waals surface area contributed by atoms with Gasteiger partial charge in [0.1, 0.15) is 5.82 Å². The van der Waals surface area contributed by atoms with E-state index < -0.39 is 5.92 Å². The van der Waals surface area contributed by atoms with Crippen LogP contribution in [0.1, 0.15) is 61.6 Å². The predicted molar refractivity (Wildman–Crippen MR) is 121 cm³/mol. The zero-order valence-corrected chi connectivity index (χ0v) is 18.2. The van der Waals surface area contributed by atoms with E-state index >= 15 is 0 Å². The molecule has 0 aliphatic carbocycles. The highest BCUT2D eigenvalue weighted by molar-refractivity contribution is 6.04. The summed E-state index contributed by atoms with van der Waals surface area (Å²) in [5, 5.41) is 5.60. The number of carbonyl (C=O) groups excluding carboxylic acids is 2. The Morgan fingerprint density at radius 1 is 1.26 bits per heavy atom. The Kier molecular flexibility index (Phi) is 5.80. The van der Waals surface area contributed by atoms with Crippen molar-refractivity contribution in [3.63, 3.8) is 0 Å². The fraction of sp³-hybridized carbons (Fsp3) is 0.478. The zero-order chi connectivity index (χ0) is 22.1. The van der Waals surface area contributed by atoms with Gasteiger partial charge in [-0.25, -0.2) is 0 Å². The van der Waals surface area contributed by atoms with Crippen LogP contribution in [0.15, 0.2) is 23.0 Å². The molecule has 0 radical (unpaired) electrons. The maximum absolute atomic E-state index is 13.1. The molecule has 0 spiro atoms. The van der Waals surface area contributed by atoms with Crippen molar-refractivity contribution in [2.45, 2.75) is 64.8 Å². The van der Waals surface area contributed by atoms with E-state index in [1.807, 2.05) is 32.0 Å². The number of piperidine rings is 1. The molecule has 31 heavy (non-hydrogen) atoms. The first kappa shape index (κ1) is 21.1. The molecular weight excluding hydrogens is 394 g/mol. The highest BCUT2D eigenvalue weighted by Crippen LogP contribution is 2.32. The van der Waals surface area contributed by atoms with Gasteiger partial charge < -0.3 is 15.5 Å². The van der Waals surface area contributed by atoms with Gasteiger partial charge in [-0.2, -0.15) is 4.98 Å². The van der Waals surface area contributed by atoms with Crippen molar-refractivity contribution in [1.82, 2.24) is 9.97 Å². The Morgan fingerprint density at radius 3 is 2.84 bits per heavy atom. The quantitative estimate of drug-likeness (QED) is 0.700. The Morgan fingerprint density at radius 2 is 2.06 bits per heavy atom. The Bertz CT molecular complexity index is 1080. The van der Waals surface area contributed by atoms with E-state index in [4.69, 9.17) is 0 Å². The molecular formula is C23H29N5O3. The average Bonchev–Trinajstić information content (AvgIpc) is 2.75. The molecule has 2 aliphatic heterocycles. The molecule has 8 nitrogen and oxygen atoms in total. The number of H-pyrrole nitrogens is 1. The minimum atomic E-state index is -0.891. The second-order valence-electron chi connectivity index (χ2n) is 8.52. The van der Waals surface area contributed by atoms with E-state index in [2.05, 4.69) is 32.4 Å². The van der Waals surface area contributed by atoms with E-state index in [0.29, 0.717) is 17.7 Å². The van der Waals surface area contributed by atoms with Crippen LogP contribution < -0.4 is 21.1 Å². The number of nitrogens with one attached hydrogen (secondary N) is 3. The van der Waals surface area contributed by atoms with Gasteiger partial charge >= 0.3 is 0 Å². The number of aromatic amines is 1. The van der Waals surface area contributed by atoms with E-state index in [0.717, 1.165) is 43.4 Å². The summed E-state index contributed by atoms with van der Waals surface area (Å²) in [6.07, 6.45) is 4.10. The van der Waals surface area contributed by atoms with Crippen LogP contribution in [0.2, 0.25) is 0 Å². The first-order chi connectivity index (χ1) is 14.9. The molecule has 0 saturated carbocycles. The van der Waals surface area contributed by atoms with E-state index in [1.54, 1.807) is 0 Å². The second-order valence-corrected chi connectivity index (χ2v) is 8.52. The molecule has 2 atom stereocenters. The zero-order valence-electron chi connectivity index (χ0n) is 18.2. The Labute approximate surface area is 181 Å². The van der Waals surface area contributed by atoms with Crippen molar-refractivity contribution >= 4 is 29.3 Å². The molecule has 8 heteroatoms. The number of benzene rings is 1. The number of rotatable bonds is 4. The van der Waals surface area contributed by atoms with E-state index in [-0.39, 0.29) is 35.2 Å². The summed E-state index contributed by atoms with van der Waals surface area (Å²) >= 11 is 0. The van der Waals surface area contributed by atoms with E-state index in [1.165, 1.54) is 0 Å². The number of aryl methyl sites for hydroxylation is 2. The molecule has 1 saturated heterocycles. The van der Waals surface area contributed by atoms with Gasteiger partial charge in [-0.05, 0) is 56.7 Å².